The zero-order valence-corrected chi connectivity index (χ0v) is 24.0. The Morgan fingerprint density at radius 3 is 1.76 bits per heavy atom. The smallest absolute Gasteiger partial charge is 0.404 e. The number of hydrogen-bond donors (Lipinski definition) is 1. The lowest BCUT2D eigenvalue weighted by molar-refractivity contribution is -0.0885. The molecule has 2 aliphatic carbocycles. The van der Waals surface area contributed by atoms with Crippen molar-refractivity contribution in [3.05, 3.63) is 125 Å². The second kappa shape index (κ2) is 10.5. The van der Waals surface area contributed by atoms with Gasteiger partial charge in [0.25, 0.3) is 5.78 Å². The first kappa shape index (κ1) is 28.6. The minimum Gasteiger partial charge on any atom is -0.404 e. The minimum absolute atomic E-state index is 0.0113. The number of aromatic nitrogens is 2. The van der Waals surface area contributed by atoms with Crippen molar-refractivity contribution in [2.75, 3.05) is 0 Å². The van der Waals surface area contributed by atoms with Crippen LogP contribution < -0.4 is 5.73 Å². The molecule has 46 heavy (non-hydrogen) atoms. The first-order valence-electron chi connectivity index (χ1n) is 14.0. The van der Waals surface area contributed by atoms with Gasteiger partial charge in [0.15, 0.2) is 5.78 Å². The summed E-state index contributed by atoms with van der Waals surface area (Å²) < 4.78 is 38.6. The Morgan fingerprint density at radius 1 is 0.717 bits per heavy atom. The number of benzene rings is 4. The van der Waals surface area contributed by atoms with Crippen LogP contribution in [0, 0.1) is 11.5 Å². The summed E-state index contributed by atoms with van der Waals surface area (Å²) in [7, 11) is 0. The fourth-order valence-electron chi connectivity index (χ4n) is 5.91. The molecule has 222 valence electrons. The number of hydrogen-bond acceptors (Lipinski definition) is 7. The van der Waals surface area contributed by atoms with Gasteiger partial charge in [0.1, 0.15) is 11.4 Å². The van der Waals surface area contributed by atoms with Crippen molar-refractivity contribution in [2.45, 2.75) is 13.1 Å². The molecule has 0 amide bonds. The molecule has 0 spiro atoms. The molecule has 0 unspecified atom stereocenters. The van der Waals surface area contributed by atoms with Crippen LogP contribution >= 0.6 is 0 Å². The maximum atomic E-state index is 12.9. The van der Waals surface area contributed by atoms with Crippen molar-refractivity contribution >= 4 is 22.9 Å². The second-order valence-corrected chi connectivity index (χ2v) is 10.8. The molecular formula is C36H20F3N5O2. The highest BCUT2D eigenvalue weighted by Crippen LogP contribution is 2.47. The van der Waals surface area contributed by atoms with E-state index in [1.807, 2.05) is 36.5 Å². The molecule has 5 aromatic rings. The number of nitrogens with two attached hydrogens (primary N) is 1. The highest BCUT2D eigenvalue weighted by Gasteiger charge is 2.39. The van der Waals surface area contributed by atoms with Gasteiger partial charge in [-0.05, 0) is 46.9 Å². The van der Waals surface area contributed by atoms with E-state index in [1.165, 1.54) is 25.3 Å². The number of fused-ring (bicyclic) bond motifs is 6. The molecule has 2 N–H and O–H groups in total. The topological polar surface area (TPSA) is 122 Å². The van der Waals surface area contributed by atoms with Crippen molar-refractivity contribution in [1.29, 1.82) is 5.26 Å². The summed E-state index contributed by atoms with van der Waals surface area (Å²) in [5.41, 5.74) is 15.5. The van der Waals surface area contributed by atoms with E-state index in [1.54, 1.807) is 30.3 Å². The van der Waals surface area contributed by atoms with Gasteiger partial charge in [-0.1, -0.05) is 72.8 Å². The quantitative estimate of drug-likeness (QED) is 0.164. The van der Waals surface area contributed by atoms with Gasteiger partial charge in [0, 0.05) is 39.6 Å². The van der Waals surface area contributed by atoms with Crippen LogP contribution in [-0.2, 0) is 0 Å². The molecule has 0 atom stereocenters. The van der Waals surface area contributed by atoms with Gasteiger partial charge in [0.2, 0.25) is 6.19 Å². The third-order valence-corrected chi connectivity index (χ3v) is 8.16. The molecule has 1 heterocycles. The van der Waals surface area contributed by atoms with Crippen LogP contribution in [0.4, 0.5) is 13.2 Å². The van der Waals surface area contributed by atoms with Gasteiger partial charge >= 0.3 is 6.18 Å². The summed E-state index contributed by atoms with van der Waals surface area (Å²) in [5, 5.41) is 9.58. The number of nitrogens with zero attached hydrogens (tertiary/aromatic N) is 4. The number of alkyl halides is 3. The number of aliphatic imine (C=N–C) groups is 1. The lowest BCUT2D eigenvalue weighted by atomic mass is 9.97. The zero-order chi connectivity index (χ0) is 32.3. The molecule has 0 saturated heterocycles. The summed E-state index contributed by atoms with van der Waals surface area (Å²) in [5.74, 6) is -1.92. The predicted octanol–water partition coefficient (Wildman–Crippen LogP) is 7.39. The minimum atomic E-state index is -4.96. The van der Waals surface area contributed by atoms with Crippen LogP contribution in [-0.4, -0.2) is 33.4 Å². The van der Waals surface area contributed by atoms with Crippen LogP contribution in [0.1, 0.15) is 50.2 Å². The number of carbonyl (C=O) groups is 2. The first-order valence-corrected chi connectivity index (χ1v) is 14.0. The van der Waals surface area contributed by atoms with Gasteiger partial charge in [-0.25, -0.2) is 9.97 Å². The normalized spacial score (nSPS) is 14.4. The summed E-state index contributed by atoms with van der Waals surface area (Å²) in [4.78, 5) is 37.4. The SMILES string of the molecule is CC(=O)c1ccc(-c2ccc3c(c2)/C(=C\N)c2nc4c(nc2-3)/C(=N/C#N)c2cc(-c3ccc(C(=O)C(F)(F)F)cc3)ccc2-4)cc1. The third-order valence-electron chi connectivity index (χ3n) is 8.16. The van der Waals surface area contributed by atoms with Crippen LogP contribution in [0.5, 0.6) is 0 Å². The Kier molecular flexibility index (Phi) is 6.49. The number of halogens is 3. The highest BCUT2D eigenvalue weighted by atomic mass is 19.4. The van der Waals surface area contributed by atoms with Crippen LogP contribution in [0.3, 0.4) is 0 Å². The van der Waals surface area contributed by atoms with Crippen LogP contribution in [0.2, 0.25) is 0 Å². The van der Waals surface area contributed by atoms with Crippen molar-refractivity contribution in [3.63, 3.8) is 0 Å². The molecule has 7 nitrogen and oxygen atoms in total. The molecule has 1 aromatic heterocycles. The van der Waals surface area contributed by atoms with Gasteiger partial charge in [-0.15, -0.1) is 0 Å². The Hall–Kier alpha value is -6.21. The Bertz CT molecular complexity index is 2240. The summed E-state index contributed by atoms with van der Waals surface area (Å²) in [6.45, 7) is 1.52. The van der Waals surface area contributed by atoms with Gasteiger partial charge in [0.05, 0.1) is 17.1 Å². The average molecular weight is 612 g/mol. The monoisotopic (exact) mass is 611 g/mol. The highest BCUT2D eigenvalue weighted by molar-refractivity contribution is 6.24. The number of rotatable bonds is 4. The number of nitriles is 1. The van der Waals surface area contributed by atoms with E-state index in [0.717, 1.165) is 34.4 Å². The standard InChI is InChI=1S/C36H20F3N5O2/c1-18(45)19-2-4-20(5-3-19)23-10-12-25-27(14-23)29(16-40)33-31(25)44-34-30(42-17-41)28-15-24(11-13-26(28)32(34)43-33)21-6-8-22(9-7-21)35(46)36(37,38)39/h2-16H,40H2,1H3/b29-16+,42-30+. The lowest BCUT2D eigenvalue weighted by Crippen LogP contribution is -2.22. The summed E-state index contributed by atoms with van der Waals surface area (Å²) >= 11 is 0. The largest absolute Gasteiger partial charge is 0.454 e. The Labute approximate surface area is 260 Å². The fourth-order valence-corrected chi connectivity index (χ4v) is 5.91. The van der Waals surface area contributed by atoms with Crippen molar-refractivity contribution < 1.29 is 22.8 Å². The summed E-state index contributed by atoms with van der Waals surface area (Å²) in [6.07, 6.45) is -1.62. The van der Waals surface area contributed by atoms with Crippen LogP contribution in [0.15, 0.2) is 96.1 Å². The Balaban J connectivity index is 1.28. The van der Waals surface area contributed by atoms with Gasteiger partial charge < -0.3 is 5.73 Å². The van der Waals surface area contributed by atoms with Crippen LogP contribution in [0.25, 0.3) is 50.3 Å². The van der Waals surface area contributed by atoms with E-state index >= 15 is 0 Å². The van der Waals surface area contributed by atoms with E-state index in [4.69, 9.17) is 15.7 Å². The van der Waals surface area contributed by atoms with Gasteiger partial charge in [-0.2, -0.15) is 23.4 Å². The van der Waals surface area contributed by atoms with E-state index in [-0.39, 0.29) is 5.78 Å². The van der Waals surface area contributed by atoms with Crippen molar-refractivity contribution in [1.82, 2.24) is 9.97 Å². The van der Waals surface area contributed by atoms with E-state index in [9.17, 15) is 28.0 Å². The molecule has 2 aliphatic rings. The summed E-state index contributed by atoms with van der Waals surface area (Å²) in [6, 6.07) is 23.8. The van der Waals surface area contributed by atoms with Crippen molar-refractivity contribution in [3.8, 4) is 51.0 Å². The molecular weight excluding hydrogens is 591 g/mol. The number of ketones is 2. The van der Waals surface area contributed by atoms with Gasteiger partial charge in [-0.3, -0.25) is 9.59 Å². The second-order valence-electron chi connectivity index (χ2n) is 10.8. The molecule has 0 bridgehead atoms. The van der Waals surface area contributed by atoms with E-state index < -0.39 is 17.5 Å². The van der Waals surface area contributed by atoms with E-state index in [0.29, 0.717) is 61.9 Å². The molecule has 0 aliphatic heterocycles. The molecule has 0 radical (unpaired) electrons. The van der Waals surface area contributed by atoms with E-state index in [2.05, 4.69) is 4.99 Å². The number of carbonyl (C=O) groups excluding carboxylic acids is 2. The fraction of sp³-hybridized carbons (Fsp3) is 0.0556. The lowest BCUT2D eigenvalue weighted by Gasteiger charge is -2.08. The number of Topliss-reactive ketones (excluding diaryl/α,β-unsaturated/α-hetero) is 2. The molecule has 4 aromatic carbocycles. The first-order chi connectivity index (χ1) is 22.1. The molecule has 10 heteroatoms. The molecule has 0 saturated carbocycles. The Morgan fingerprint density at radius 2 is 1.22 bits per heavy atom. The molecule has 0 fully saturated rings. The third kappa shape index (κ3) is 4.49. The average Bonchev–Trinajstić information content (AvgIpc) is 3.53. The maximum absolute atomic E-state index is 12.9. The maximum Gasteiger partial charge on any atom is 0.454 e. The van der Waals surface area contributed by atoms with Crippen molar-refractivity contribution in [2.24, 2.45) is 10.7 Å². The molecule has 7 rings (SSSR count). The zero-order valence-electron chi connectivity index (χ0n) is 24.0. The predicted molar refractivity (Wildman–Crippen MR) is 167 cm³/mol.